The molecule has 101 heavy (non-hydrogen) atoms. The highest BCUT2D eigenvalue weighted by Crippen LogP contribution is 2.36. The molecular weight excluding hydrogens is 1270 g/mol. The average Bonchev–Trinajstić information content (AvgIpc) is 1.64. The van der Waals surface area contributed by atoms with E-state index in [1.807, 2.05) is 136 Å². The lowest BCUT2D eigenvalue weighted by atomic mass is 10.0. The molecule has 12 aromatic rings. The van der Waals surface area contributed by atoms with Crippen LogP contribution < -0.4 is 27.8 Å². The van der Waals surface area contributed by atoms with Crippen LogP contribution in [0, 0.1) is 33.1 Å². The normalized spacial score (nSPS) is 12.0. The number of pyridine rings is 3. The number of nitrogen functional groups attached to an aromatic ring is 3. The van der Waals surface area contributed by atoms with Gasteiger partial charge in [0.05, 0.1) is 39.6 Å². The van der Waals surface area contributed by atoms with Crippen molar-refractivity contribution in [1.82, 2.24) is 59.1 Å². The molecule has 0 aliphatic carbocycles. The number of nitrogens with one attached hydrogen (secondary N) is 2. The standard InChI is InChI=1S/C27H27N5O3.C26H29N5O2.C26H27N5O2/c1-3-4-9-21-30-24-25(19-7-5-6-8-20(19)29-27(24)28)31(21)14-17-12-16(2)26(35)18(13-17)15-32-22(33)10-11-23(32)34;2*1-4-6-11-21-30-23-24(19-9-7-8-10-20(19)29-26(23)27)31(21)15-17-12-16(3)25(33)18(13-17)14-28-22(32)5-2/h5-8,10-13,35H,3-4,9,14-15H2,1-2H3,(H2,28,29);5,7-10,12-13,33H,2,4,6,11,14-15H2,1,3H3,(H2,27,29)(H,28,32);2,7-10,12-13,33H,4,6,11,14-15H2,1,3H3,(H2,27,29)(H,28,32). The number of aryl methyl sites for hydroxylation is 6. The lowest BCUT2D eigenvalue weighted by Crippen LogP contribution is -2.29. The van der Waals surface area contributed by atoms with Crippen molar-refractivity contribution < 1.29 is 34.5 Å². The summed E-state index contributed by atoms with van der Waals surface area (Å²) < 4.78 is 6.58. The van der Waals surface area contributed by atoms with Crippen molar-refractivity contribution >= 4 is 107 Å². The number of aromatic hydroxyl groups is 3. The minimum absolute atomic E-state index is 0.0122. The van der Waals surface area contributed by atoms with E-state index in [0.29, 0.717) is 75.9 Å². The smallest absolute Gasteiger partial charge is 0.295 e. The van der Waals surface area contributed by atoms with Gasteiger partial charge in [-0.1, -0.05) is 119 Å². The van der Waals surface area contributed by atoms with Crippen LogP contribution in [0.4, 0.5) is 17.5 Å². The summed E-state index contributed by atoms with van der Waals surface area (Å²) in [5.74, 6) is 4.96. The third-order valence-electron chi connectivity index (χ3n) is 18.1. The van der Waals surface area contributed by atoms with Crippen molar-refractivity contribution in [2.24, 2.45) is 0 Å². The predicted octanol–water partition coefficient (Wildman–Crippen LogP) is 12.2. The highest BCUT2D eigenvalue weighted by Gasteiger charge is 2.27. The Labute approximate surface area is 584 Å². The van der Waals surface area contributed by atoms with Crippen molar-refractivity contribution in [3.63, 3.8) is 0 Å². The van der Waals surface area contributed by atoms with Gasteiger partial charge in [-0.25, -0.2) is 29.9 Å². The Balaban J connectivity index is 0.000000153. The number of imide groups is 1. The number of amides is 4. The zero-order chi connectivity index (χ0) is 71.8. The number of nitrogens with zero attached hydrogens (tertiary/aromatic N) is 10. The fourth-order valence-corrected chi connectivity index (χ4v) is 13.1. The van der Waals surface area contributed by atoms with E-state index in [4.69, 9.17) is 38.6 Å². The molecule has 6 aromatic carbocycles. The molecule has 0 fully saturated rings. The van der Waals surface area contributed by atoms with Gasteiger partial charge in [0.25, 0.3) is 17.7 Å². The molecule has 0 unspecified atom stereocenters. The summed E-state index contributed by atoms with van der Waals surface area (Å²) in [6, 6.07) is 35.2. The topological polar surface area (TPSA) is 326 Å². The number of unbranched alkanes of at least 4 members (excludes halogenated alkanes) is 3. The summed E-state index contributed by atoms with van der Waals surface area (Å²) >= 11 is 0. The third kappa shape index (κ3) is 15.0. The van der Waals surface area contributed by atoms with E-state index < -0.39 is 5.91 Å². The van der Waals surface area contributed by atoms with Crippen LogP contribution in [0.3, 0.4) is 0 Å². The molecule has 13 rings (SSSR count). The fraction of sp³-hybridized carbons (Fsp3) is 0.266. The number of rotatable bonds is 22. The van der Waals surface area contributed by atoms with Crippen molar-refractivity contribution in [3.05, 3.63) is 202 Å². The average molecular weight is 1350 g/mol. The molecule has 0 atom stereocenters. The second-order valence-electron chi connectivity index (χ2n) is 25.4. The molecule has 0 saturated heterocycles. The first-order valence-electron chi connectivity index (χ1n) is 33.9. The lowest BCUT2D eigenvalue weighted by molar-refractivity contribution is -0.137. The Morgan fingerprint density at radius 3 is 1.19 bits per heavy atom. The SMILES string of the molecule is C#CC(=O)NCc1cc(Cn2c(CCCC)nc3c(N)nc4ccccc4c32)cc(C)c1O.C=CC(=O)NCc1cc(Cn2c(CCCC)nc3c(N)nc4ccccc4c32)cc(C)c1O.CCCCc1nc2c(N)nc3ccccc3c2n1Cc1cc(C)c(O)c(CN2C(=O)C=CC2=O)c1. The number of phenols is 3. The first-order chi connectivity index (χ1) is 48.7. The Morgan fingerprint density at radius 1 is 0.505 bits per heavy atom. The highest BCUT2D eigenvalue weighted by atomic mass is 16.3. The van der Waals surface area contributed by atoms with E-state index in [-0.39, 0.29) is 54.6 Å². The number of phenolic OH excluding ortho intramolecular Hbond substituents is 3. The van der Waals surface area contributed by atoms with Crippen LogP contribution in [-0.4, -0.2) is 87.5 Å². The van der Waals surface area contributed by atoms with Crippen LogP contribution in [-0.2, 0) is 77.7 Å². The van der Waals surface area contributed by atoms with E-state index in [9.17, 15) is 34.5 Å². The maximum Gasteiger partial charge on any atom is 0.295 e. The zero-order valence-corrected chi connectivity index (χ0v) is 57.7. The summed E-state index contributed by atoms with van der Waals surface area (Å²) in [5, 5.41) is 40.1. The summed E-state index contributed by atoms with van der Waals surface area (Å²) in [6.07, 6.45) is 17.5. The number of anilines is 3. The van der Waals surface area contributed by atoms with Crippen molar-refractivity contribution in [2.75, 3.05) is 17.2 Å². The number of nitrogens with two attached hydrogens (primary N) is 3. The monoisotopic (exact) mass is 1350 g/mol. The number of imidazole rings is 3. The lowest BCUT2D eigenvalue weighted by Gasteiger charge is -2.18. The second-order valence-corrected chi connectivity index (χ2v) is 25.4. The highest BCUT2D eigenvalue weighted by molar-refractivity contribution is 6.13. The summed E-state index contributed by atoms with van der Waals surface area (Å²) in [6.45, 7) is 17.4. The summed E-state index contributed by atoms with van der Waals surface area (Å²) in [7, 11) is 0. The molecule has 7 heterocycles. The van der Waals surface area contributed by atoms with Gasteiger partial charge in [-0.3, -0.25) is 24.1 Å². The molecule has 22 nitrogen and oxygen atoms in total. The number of aromatic nitrogens is 9. The van der Waals surface area contributed by atoms with E-state index >= 15 is 0 Å². The maximum absolute atomic E-state index is 12.1. The third-order valence-corrected chi connectivity index (χ3v) is 18.1. The van der Waals surface area contributed by atoms with Crippen molar-refractivity contribution in [3.8, 4) is 29.6 Å². The van der Waals surface area contributed by atoms with Crippen molar-refractivity contribution in [2.45, 2.75) is 139 Å². The van der Waals surface area contributed by atoms with Crippen LogP contribution >= 0.6 is 0 Å². The van der Waals surface area contributed by atoms with Crippen LogP contribution in [0.1, 0.15) is 127 Å². The molecule has 0 radical (unpaired) electrons. The van der Waals surface area contributed by atoms with Gasteiger partial charge >= 0.3 is 0 Å². The molecule has 0 spiro atoms. The molecular formula is C79H83N15O7. The first kappa shape index (κ1) is 70.2. The van der Waals surface area contributed by atoms with Gasteiger partial charge in [0, 0.05) is 97.0 Å². The first-order valence-corrected chi connectivity index (χ1v) is 33.9. The molecule has 516 valence electrons. The van der Waals surface area contributed by atoms with Crippen LogP contribution in [0.2, 0.25) is 0 Å². The Hall–Kier alpha value is -12.1. The van der Waals surface area contributed by atoms with E-state index in [0.717, 1.165) is 157 Å². The summed E-state index contributed by atoms with van der Waals surface area (Å²) in [4.78, 5) is 76.7. The van der Waals surface area contributed by atoms with E-state index in [1.54, 1.807) is 0 Å². The van der Waals surface area contributed by atoms with Gasteiger partial charge in [0.15, 0.2) is 17.5 Å². The minimum atomic E-state index is -0.519. The van der Waals surface area contributed by atoms with Crippen molar-refractivity contribution in [1.29, 1.82) is 0 Å². The largest absolute Gasteiger partial charge is 0.507 e. The Bertz CT molecular complexity index is 5290. The number of hydrogen-bond acceptors (Lipinski definition) is 16. The molecule has 1 aliphatic rings. The molecule has 1 aliphatic heterocycles. The van der Waals surface area contributed by atoms with Gasteiger partial charge < -0.3 is 56.9 Å². The van der Waals surface area contributed by atoms with Gasteiger partial charge in [0.1, 0.15) is 51.3 Å². The van der Waals surface area contributed by atoms with Crippen LogP contribution in [0.5, 0.6) is 17.2 Å². The predicted molar refractivity (Wildman–Crippen MR) is 397 cm³/mol. The molecule has 4 amide bonds. The molecule has 22 heteroatoms. The number of fused-ring (bicyclic) bond motifs is 9. The van der Waals surface area contributed by atoms with Gasteiger partial charge in [0.2, 0.25) is 5.91 Å². The zero-order valence-electron chi connectivity index (χ0n) is 57.7. The maximum atomic E-state index is 12.1. The van der Waals surface area contributed by atoms with Gasteiger partial charge in [-0.15, -0.1) is 6.42 Å². The Morgan fingerprint density at radius 2 is 0.842 bits per heavy atom. The number of benzene rings is 6. The second kappa shape index (κ2) is 30.7. The fourth-order valence-electron chi connectivity index (χ4n) is 13.1. The van der Waals surface area contributed by atoms with E-state index in [1.165, 1.54) is 18.2 Å². The van der Waals surface area contributed by atoms with Crippen LogP contribution in [0.25, 0.3) is 65.8 Å². The number of hydrogen-bond donors (Lipinski definition) is 8. The molecule has 0 bridgehead atoms. The van der Waals surface area contributed by atoms with Gasteiger partial charge in [-0.05, 0) is 122 Å². The molecule has 6 aromatic heterocycles. The van der Waals surface area contributed by atoms with Gasteiger partial charge in [-0.2, -0.15) is 0 Å². The number of carbonyl (C=O) groups is 4. The number of terminal acetylenes is 1. The minimum Gasteiger partial charge on any atom is -0.507 e. The number of carbonyl (C=O) groups excluding carboxylic acids is 4. The summed E-state index contributed by atoms with van der Waals surface area (Å²) in [5.41, 5.74) is 33.2. The Kier molecular flexibility index (Phi) is 21.4. The molecule has 0 saturated carbocycles. The van der Waals surface area contributed by atoms with E-state index in [2.05, 4.69) is 66.6 Å². The quantitative estimate of drug-likeness (QED) is 0.0178. The van der Waals surface area contributed by atoms with Crippen LogP contribution in [0.15, 0.2) is 134 Å². The number of para-hydroxylation sites is 3. The molecule has 11 N–H and O–H groups in total.